The summed E-state index contributed by atoms with van der Waals surface area (Å²) < 4.78 is 10.7. The number of halogens is 1. The van der Waals surface area contributed by atoms with Crippen molar-refractivity contribution in [1.82, 2.24) is 0 Å². The molecule has 43 heavy (non-hydrogen) atoms. The lowest BCUT2D eigenvalue weighted by Crippen LogP contribution is -2.24. The van der Waals surface area contributed by atoms with Crippen molar-refractivity contribution in [2.75, 3.05) is 0 Å². The Morgan fingerprint density at radius 3 is 1.23 bits per heavy atom. The van der Waals surface area contributed by atoms with E-state index in [0.717, 1.165) is 23.6 Å². The predicted molar refractivity (Wildman–Crippen MR) is 168 cm³/mol. The molecule has 3 aromatic carbocycles. The van der Waals surface area contributed by atoms with E-state index in [4.69, 9.17) is 9.47 Å². The first-order valence-corrected chi connectivity index (χ1v) is 13.8. The Morgan fingerprint density at radius 2 is 0.953 bits per heavy atom. The zero-order chi connectivity index (χ0) is 32.0. The number of benzene rings is 3. The van der Waals surface area contributed by atoms with Gasteiger partial charge < -0.3 is 14.6 Å². The molecule has 0 heterocycles. The van der Waals surface area contributed by atoms with E-state index in [1.807, 2.05) is 91.0 Å². The number of carbonyl (C=O) groups is 4. The lowest BCUT2D eigenvalue weighted by molar-refractivity contribution is -0.174. The molecule has 7 nitrogen and oxygen atoms in total. The van der Waals surface area contributed by atoms with E-state index in [0.29, 0.717) is 19.3 Å². The lowest BCUT2D eigenvalue weighted by Gasteiger charge is -2.19. The number of Topliss-reactive ketones (excluding diaryl/α,β-unsaturated/α-hetero) is 1. The average Bonchev–Trinajstić information content (AvgIpc) is 3.02. The van der Waals surface area contributed by atoms with Gasteiger partial charge in [0.25, 0.3) is 5.24 Å². The van der Waals surface area contributed by atoms with Crippen molar-refractivity contribution >= 4 is 34.6 Å². The molecule has 1 N–H and O–H groups in total. The summed E-state index contributed by atoms with van der Waals surface area (Å²) in [6.07, 6.45) is 4.86. The SMILES string of the molecule is C=CCC(O)c1ccccc1.C=CCC(OC(=O)C(=O)OC(CC=C)c1ccccc1)c1ccccc1.CC(=O)C(=O)Cl. The van der Waals surface area contributed by atoms with Crippen LogP contribution >= 0.6 is 11.6 Å². The average molecular weight is 605 g/mol. The fourth-order valence-corrected chi connectivity index (χ4v) is 3.47. The van der Waals surface area contributed by atoms with Gasteiger partial charge in [0.15, 0.2) is 0 Å². The van der Waals surface area contributed by atoms with Crippen LogP contribution in [0.25, 0.3) is 0 Å². The summed E-state index contributed by atoms with van der Waals surface area (Å²) >= 11 is 4.62. The van der Waals surface area contributed by atoms with Gasteiger partial charge in [-0.3, -0.25) is 9.59 Å². The maximum Gasteiger partial charge on any atom is 0.418 e. The Balaban J connectivity index is 0.000000444. The van der Waals surface area contributed by atoms with Crippen molar-refractivity contribution < 1.29 is 33.8 Å². The summed E-state index contributed by atoms with van der Waals surface area (Å²) in [5.41, 5.74) is 2.53. The van der Waals surface area contributed by atoms with Crippen LogP contribution < -0.4 is 0 Å². The molecule has 3 aromatic rings. The van der Waals surface area contributed by atoms with E-state index < -0.39 is 41.3 Å². The van der Waals surface area contributed by atoms with Crippen LogP contribution in [0.1, 0.15) is 61.2 Å². The second-order valence-electron chi connectivity index (χ2n) is 8.94. The Hall–Kier alpha value is -4.59. The Bertz CT molecular complexity index is 1230. The quantitative estimate of drug-likeness (QED) is 0.0997. The smallest absolute Gasteiger partial charge is 0.418 e. The Morgan fingerprint density at radius 1 is 0.651 bits per heavy atom. The van der Waals surface area contributed by atoms with E-state index in [1.54, 1.807) is 18.2 Å². The summed E-state index contributed by atoms with van der Waals surface area (Å²) in [6, 6.07) is 28.0. The van der Waals surface area contributed by atoms with Gasteiger partial charge >= 0.3 is 11.9 Å². The van der Waals surface area contributed by atoms with Gasteiger partial charge in [0.1, 0.15) is 12.2 Å². The van der Waals surface area contributed by atoms with Crippen molar-refractivity contribution in [2.45, 2.75) is 44.5 Å². The van der Waals surface area contributed by atoms with Crippen LogP contribution in [0.3, 0.4) is 0 Å². The third-order valence-electron chi connectivity index (χ3n) is 5.62. The Labute approximate surface area is 258 Å². The predicted octanol–water partition coefficient (Wildman–Crippen LogP) is 7.34. The highest BCUT2D eigenvalue weighted by molar-refractivity contribution is 6.80. The van der Waals surface area contributed by atoms with Crippen molar-refractivity contribution in [3.63, 3.8) is 0 Å². The highest BCUT2D eigenvalue weighted by Crippen LogP contribution is 2.24. The maximum absolute atomic E-state index is 12.2. The number of hydrogen-bond acceptors (Lipinski definition) is 7. The molecule has 0 bridgehead atoms. The molecule has 3 unspecified atom stereocenters. The third-order valence-corrected chi connectivity index (χ3v) is 5.89. The van der Waals surface area contributed by atoms with Crippen LogP contribution in [-0.2, 0) is 28.7 Å². The number of ketones is 1. The van der Waals surface area contributed by atoms with E-state index >= 15 is 0 Å². The van der Waals surface area contributed by atoms with Gasteiger partial charge in [-0.25, -0.2) is 9.59 Å². The largest absolute Gasteiger partial charge is 0.449 e. The van der Waals surface area contributed by atoms with Crippen LogP contribution in [0.5, 0.6) is 0 Å². The van der Waals surface area contributed by atoms with Crippen LogP contribution in [0.4, 0.5) is 0 Å². The van der Waals surface area contributed by atoms with Crippen molar-refractivity contribution in [1.29, 1.82) is 0 Å². The number of aliphatic hydroxyl groups excluding tert-OH is 1. The van der Waals surface area contributed by atoms with Crippen LogP contribution in [0.15, 0.2) is 129 Å². The second-order valence-corrected chi connectivity index (χ2v) is 9.28. The standard InChI is InChI=1S/C22H22O4.C10H12O.C3H3ClO2/c1-3-11-19(17-13-7-5-8-14-17)25-21(23)22(24)26-20(12-4-2)18-15-9-6-10-16-18;1-2-6-10(11)9-7-4-3-5-8-9;1-2(5)3(4)6/h3-10,13-16,19-20H,1-2,11-12H2;2-5,7-8,10-11H,1,6H2;1H3. The zero-order valence-electron chi connectivity index (χ0n) is 24.1. The maximum atomic E-state index is 12.2. The molecular weight excluding hydrogens is 568 g/mol. The number of ether oxygens (including phenoxy) is 2. The third kappa shape index (κ3) is 14.7. The molecule has 3 rings (SSSR count). The van der Waals surface area contributed by atoms with E-state index in [-0.39, 0.29) is 0 Å². The number of carbonyl (C=O) groups excluding carboxylic acids is 4. The topological polar surface area (TPSA) is 107 Å². The molecule has 0 aromatic heterocycles. The molecule has 0 saturated heterocycles. The highest BCUT2D eigenvalue weighted by Gasteiger charge is 2.26. The Kier molecular flexibility index (Phi) is 17.9. The fourth-order valence-electron chi connectivity index (χ4n) is 3.47. The minimum atomic E-state index is -1.02. The minimum absolute atomic E-state index is 0.395. The van der Waals surface area contributed by atoms with Crippen LogP contribution in [0, 0.1) is 0 Å². The summed E-state index contributed by atoms with van der Waals surface area (Å²) in [7, 11) is 0. The molecule has 3 atom stereocenters. The van der Waals surface area contributed by atoms with Crippen molar-refractivity contribution in [2.24, 2.45) is 0 Å². The minimum Gasteiger partial charge on any atom is -0.449 e. The molecule has 0 aliphatic rings. The zero-order valence-corrected chi connectivity index (χ0v) is 24.9. The van der Waals surface area contributed by atoms with Gasteiger partial charge in [0, 0.05) is 19.8 Å². The molecule has 0 fully saturated rings. The van der Waals surface area contributed by atoms with Crippen LogP contribution in [-0.4, -0.2) is 28.1 Å². The monoisotopic (exact) mass is 604 g/mol. The number of esters is 2. The van der Waals surface area contributed by atoms with E-state index in [2.05, 4.69) is 31.3 Å². The van der Waals surface area contributed by atoms with Crippen molar-refractivity contribution in [3.05, 3.63) is 146 Å². The van der Waals surface area contributed by atoms with Gasteiger partial charge in [0.2, 0.25) is 5.78 Å². The number of aliphatic hydroxyl groups is 1. The van der Waals surface area contributed by atoms with E-state index in [1.165, 1.54) is 0 Å². The first-order chi connectivity index (χ1) is 20.6. The fraction of sp³-hybridized carbons (Fsp3) is 0.200. The summed E-state index contributed by atoms with van der Waals surface area (Å²) in [5.74, 6) is -2.66. The summed E-state index contributed by atoms with van der Waals surface area (Å²) in [6.45, 7) is 12.0. The molecule has 0 aliphatic carbocycles. The van der Waals surface area contributed by atoms with E-state index in [9.17, 15) is 24.3 Å². The van der Waals surface area contributed by atoms with Gasteiger partial charge in [-0.2, -0.15) is 0 Å². The normalized spacial score (nSPS) is 11.8. The number of hydrogen-bond donors (Lipinski definition) is 1. The lowest BCUT2D eigenvalue weighted by atomic mass is 10.1. The molecule has 0 amide bonds. The van der Waals surface area contributed by atoms with Crippen molar-refractivity contribution in [3.8, 4) is 0 Å². The molecular formula is C35H37ClO7. The molecule has 0 saturated carbocycles. The molecule has 0 radical (unpaired) electrons. The van der Waals surface area contributed by atoms with Gasteiger partial charge in [-0.1, -0.05) is 109 Å². The van der Waals surface area contributed by atoms with Gasteiger partial charge in [-0.05, 0) is 34.7 Å². The molecule has 226 valence electrons. The first-order valence-electron chi connectivity index (χ1n) is 13.4. The summed E-state index contributed by atoms with van der Waals surface area (Å²) in [5, 5.41) is 8.54. The summed E-state index contributed by atoms with van der Waals surface area (Å²) in [4.78, 5) is 43.7. The second kappa shape index (κ2) is 21.2. The number of rotatable bonds is 12. The van der Waals surface area contributed by atoms with Crippen LogP contribution in [0.2, 0.25) is 0 Å². The first kappa shape index (κ1) is 36.4. The molecule has 8 heteroatoms. The molecule has 0 spiro atoms. The highest BCUT2D eigenvalue weighted by atomic mass is 35.5. The van der Waals surface area contributed by atoms with Gasteiger partial charge in [0.05, 0.1) is 6.10 Å². The van der Waals surface area contributed by atoms with Gasteiger partial charge in [-0.15, -0.1) is 19.7 Å². The molecule has 0 aliphatic heterocycles.